The third-order valence-corrected chi connectivity index (χ3v) is 4.87. The normalized spacial score (nSPS) is 18.1. The van der Waals surface area contributed by atoms with Crippen LogP contribution in [0.5, 0.6) is 6.01 Å². The van der Waals surface area contributed by atoms with E-state index in [0.29, 0.717) is 0 Å². The van der Waals surface area contributed by atoms with Crippen LogP contribution < -0.4 is 4.74 Å². The minimum atomic E-state index is -0.872. The number of carbonyl (C=O) groups is 1. The summed E-state index contributed by atoms with van der Waals surface area (Å²) in [6.07, 6.45) is -0.872. The number of esters is 1. The quantitative estimate of drug-likeness (QED) is 0.668. The number of ether oxygens (including phenoxy) is 2. The molecule has 0 radical (unpaired) electrons. The van der Waals surface area contributed by atoms with Crippen LogP contribution in [-0.2, 0) is 14.9 Å². The fraction of sp³-hybridized carbons (Fsp3) is 0.227. The van der Waals surface area contributed by atoms with Crippen molar-refractivity contribution in [1.82, 2.24) is 9.97 Å². The number of hydrogen-bond donors (Lipinski definition) is 0. The standard InChI is InChI=1S/C22H20N2O3/c1-15-13-16(2)24-21(23-15)27-19-20(25)26-14-22(19,17-9-5-3-6-10-17)18-11-7-4-8-12-18/h3-13,19H,14H2,1-2H3. The van der Waals surface area contributed by atoms with E-state index in [9.17, 15) is 4.79 Å². The Kier molecular flexibility index (Phi) is 4.36. The first kappa shape index (κ1) is 17.2. The first-order chi connectivity index (χ1) is 13.1. The maximum atomic E-state index is 12.7. The third-order valence-electron chi connectivity index (χ3n) is 4.87. The summed E-state index contributed by atoms with van der Waals surface area (Å²) in [5.41, 5.74) is 2.72. The highest BCUT2D eigenvalue weighted by molar-refractivity contribution is 5.82. The first-order valence-electron chi connectivity index (χ1n) is 8.86. The molecule has 5 heteroatoms. The van der Waals surface area contributed by atoms with Gasteiger partial charge < -0.3 is 9.47 Å². The summed E-state index contributed by atoms with van der Waals surface area (Å²) in [6, 6.07) is 21.7. The lowest BCUT2D eigenvalue weighted by atomic mass is 9.72. The van der Waals surface area contributed by atoms with E-state index in [1.165, 1.54) is 0 Å². The number of aryl methyl sites for hydroxylation is 2. The minimum absolute atomic E-state index is 0.188. The van der Waals surface area contributed by atoms with Gasteiger partial charge in [-0.05, 0) is 31.0 Å². The molecule has 0 bridgehead atoms. The second-order valence-corrected chi connectivity index (χ2v) is 6.74. The molecule has 0 N–H and O–H groups in total. The highest BCUT2D eigenvalue weighted by Crippen LogP contribution is 2.42. The van der Waals surface area contributed by atoms with Gasteiger partial charge in [0.15, 0.2) is 0 Å². The Morgan fingerprint density at radius 2 is 1.44 bits per heavy atom. The van der Waals surface area contributed by atoms with Gasteiger partial charge in [-0.2, -0.15) is 0 Å². The van der Waals surface area contributed by atoms with Crippen molar-refractivity contribution in [2.24, 2.45) is 0 Å². The highest BCUT2D eigenvalue weighted by Gasteiger charge is 2.55. The Balaban J connectivity index is 1.85. The van der Waals surface area contributed by atoms with E-state index in [0.717, 1.165) is 22.5 Å². The lowest BCUT2D eigenvalue weighted by Gasteiger charge is -2.32. The van der Waals surface area contributed by atoms with Crippen LogP contribution >= 0.6 is 0 Å². The first-order valence-corrected chi connectivity index (χ1v) is 8.86. The second-order valence-electron chi connectivity index (χ2n) is 6.74. The maximum absolute atomic E-state index is 12.7. The molecule has 0 aliphatic carbocycles. The van der Waals surface area contributed by atoms with Crippen LogP contribution in [0.25, 0.3) is 0 Å². The van der Waals surface area contributed by atoms with Gasteiger partial charge in [0.2, 0.25) is 6.10 Å². The summed E-state index contributed by atoms with van der Waals surface area (Å²) in [5, 5.41) is 0. The van der Waals surface area contributed by atoms with Crippen LogP contribution in [0.1, 0.15) is 22.5 Å². The summed E-state index contributed by atoms with van der Waals surface area (Å²) in [5.74, 6) is -0.412. The van der Waals surface area contributed by atoms with E-state index in [1.807, 2.05) is 80.6 Å². The topological polar surface area (TPSA) is 61.3 Å². The third kappa shape index (κ3) is 3.05. The van der Waals surface area contributed by atoms with Crippen molar-refractivity contribution in [1.29, 1.82) is 0 Å². The SMILES string of the molecule is Cc1cc(C)nc(OC2C(=O)OCC2(c2ccccc2)c2ccccc2)n1. The molecule has 27 heavy (non-hydrogen) atoms. The molecular formula is C22H20N2O3. The zero-order valence-electron chi connectivity index (χ0n) is 15.3. The Bertz CT molecular complexity index is 898. The van der Waals surface area contributed by atoms with Crippen molar-refractivity contribution in [2.75, 3.05) is 6.61 Å². The van der Waals surface area contributed by atoms with Gasteiger partial charge in [0.05, 0.1) is 0 Å². The predicted molar refractivity (Wildman–Crippen MR) is 101 cm³/mol. The Morgan fingerprint density at radius 3 is 1.96 bits per heavy atom. The molecule has 2 aromatic carbocycles. The van der Waals surface area contributed by atoms with Gasteiger partial charge in [0.1, 0.15) is 12.0 Å². The molecule has 2 heterocycles. The van der Waals surface area contributed by atoms with E-state index < -0.39 is 17.5 Å². The fourth-order valence-corrected chi connectivity index (χ4v) is 3.65. The number of cyclic esters (lactones) is 1. The van der Waals surface area contributed by atoms with E-state index >= 15 is 0 Å². The van der Waals surface area contributed by atoms with Crippen molar-refractivity contribution in [3.05, 3.63) is 89.2 Å². The summed E-state index contributed by atoms with van der Waals surface area (Å²) in [6.45, 7) is 3.95. The van der Waals surface area contributed by atoms with Crippen molar-refractivity contribution < 1.29 is 14.3 Å². The number of carbonyl (C=O) groups excluding carboxylic acids is 1. The van der Waals surface area contributed by atoms with Gasteiger partial charge in [-0.1, -0.05) is 60.7 Å². The summed E-state index contributed by atoms with van der Waals surface area (Å²) >= 11 is 0. The van der Waals surface area contributed by atoms with E-state index in [-0.39, 0.29) is 12.6 Å². The number of aromatic nitrogens is 2. The molecule has 1 saturated heterocycles. The van der Waals surface area contributed by atoms with Crippen LogP contribution in [0.3, 0.4) is 0 Å². The van der Waals surface area contributed by atoms with Gasteiger partial charge in [-0.15, -0.1) is 0 Å². The molecule has 1 aliphatic heterocycles. The molecule has 3 aromatic rings. The lowest BCUT2D eigenvalue weighted by Crippen LogP contribution is -2.45. The minimum Gasteiger partial charge on any atom is -0.461 e. The molecule has 0 saturated carbocycles. The largest absolute Gasteiger partial charge is 0.461 e. The molecule has 4 rings (SSSR count). The molecule has 1 aliphatic rings. The molecular weight excluding hydrogens is 340 g/mol. The molecule has 136 valence electrons. The van der Waals surface area contributed by atoms with Crippen molar-refractivity contribution in [2.45, 2.75) is 25.4 Å². The monoisotopic (exact) mass is 360 g/mol. The van der Waals surface area contributed by atoms with Gasteiger partial charge in [-0.3, -0.25) is 0 Å². The molecule has 0 amide bonds. The predicted octanol–water partition coefficient (Wildman–Crippen LogP) is 3.38. The zero-order chi connectivity index (χ0) is 18.9. The van der Waals surface area contributed by atoms with Gasteiger partial charge >= 0.3 is 12.0 Å². The molecule has 0 spiro atoms. The Labute approximate surface area is 158 Å². The van der Waals surface area contributed by atoms with Crippen LogP contribution in [0.4, 0.5) is 0 Å². The summed E-state index contributed by atoms with van der Waals surface area (Å²) < 4.78 is 11.6. The lowest BCUT2D eigenvalue weighted by molar-refractivity contribution is -0.143. The number of rotatable bonds is 4. The van der Waals surface area contributed by atoms with E-state index in [2.05, 4.69) is 9.97 Å². The number of hydrogen-bond acceptors (Lipinski definition) is 5. The summed E-state index contributed by atoms with van der Waals surface area (Å²) in [4.78, 5) is 21.4. The van der Waals surface area contributed by atoms with Crippen LogP contribution in [0, 0.1) is 13.8 Å². The zero-order valence-corrected chi connectivity index (χ0v) is 15.3. The summed E-state index contributed by atoms with van der Waals surface area (Å²) in [7, 11) is 0. The molecule has 1 unspecified atom stereocenters. The molecule has 1 fully saturated rings. The van der Waals surface area contributed by atoms with E-state index in [1.54, 1.807) is 0 Å². The number of nitrogens with zero attached hydrogens (tertiary/aromatic N) is 2. The Hall–Kier alpha value is -3.21. The van der Waals surface area contributed by atoms with Crippen molar-refractivity contribution >= 4 is 5.97 Å². The Morgan fingerprint density at radius 1 is 0.926 bits per heavy atom. The molecule has 1 aromatic heterocycles. The van der Waals surface area contributed by atoms with Crippen molar-refractivity contribution in [3.8, 4) is 6.01 Å². The smallest absolute Gasteiger partial charge is 0.348 e. The maximum Gasteiger partial charge on any atom is 0.348 e. The molecule has 5 nitrogen and oxygen atoms in total. The van der Waals surface area contributed by atoms with Crippen LogP contribution in [-0.4, -0.2) is 28.6 Å². The van der Waals surface area contributed by atoms with Gasteiger partial charge in [-0.25, -0.2) is 14.8 Å². The number of benzene rings is 2. The fourth-order valence-electron chi connectivity index (χ4n) is 3.65. The highest BCUT2D eigenvalue weighted by atomic mass is 16.6. The van der Waals surface area contributed by atoms with Crippen LogP contribution in [0.15, 0.2) is 66.7 Å². The second kappa shape index (κ2) is 6.83. The van der Waals surface area contributed by atoms with Gasteiger partial charge in [0, 0.05) is 11.4 Å². The average molecular weight is 360 g/mol. The van der Waals surface area contributed by atoms with E-state index in [4.69, 9.17) is 9.47 Å². The average Bonchev–Trinajstić information content (AvgIpc) is 3.00. The molecule has 1 atom stereocenters. The van der Waals surface area contributed by atoms with Crippen molar-refractivity contribution in [3.63, 3.8) is 0 Å². The van der Waals surface area contributed by atoms with Gasteiger partial charge in [0.25, 0.3) is 0 Å². The van der Waals surface area contributed by atoms with Crippen LogP contribution in [0.2, 0.25) is 0 Å².